The third-order valence-electron chi connectivity index (χ3n) is 2.09. The van der Waals surface area contributed by atoms with Gasteiger partial charge in [0.05, 0.1) is 32.7 Å². The number of carbonyl (C=O) groups is 1. The van der Waals surface area contributed by atoms with Gasteiger partial charge in [-0.15, -0.1) is 0 Å². The van der Waals surface area contributed by atoms with Gasteiger partial charge in [-0.3, -0.25) is 0 Å². The molecular weight excluding hydrogens is 236 g/mol. The standard InChI is InChI=1S/C13H22O5/c1-4-16-5-6-17-7-8-18-10-11(2)9-12(3)13(14)15/h4,9,11H,1,5-8,10H2,2-3H3,(H,14,15). The highest BCUT2D eigenvalue weighted by Gasteiger charge is 2.04. The molecule has 5 heteroatoms. The molecule has 0 aliphatic heterocycles. The van der Waals surface area contributed by atoms with Crippen LogP contribution in [0.3, 0.4) is 0 Å². The minimum absolute atomic E-state index is 0.0743. The lowest BCUT2D eigenvalue weighted by Crippen LogP contribution is -2.12. The molecule has 0 aromatic heterocycles. The van der Waals surface area contributed by atoms with Gasteiger partial charge < -0.3 is 19.3 Å². The van der Waals surface area contributed by atoms with Gasteiger partial charge in [-0.25, -0.2) is 4.79 Å². The second-order valence-electron chi connectivity index (χ2n) is 3.86. The minimum Gasteiger partial charge on any atom is -0.499 e. The van der Waals surface area contributed by atoms with Crippen LogP contribution in [-0.4, -0.2) is 44.1 Å². The second-order valence-corrected chi connectivity index (χ2v) is 3.86. The zero-order valence-corrected chi connectivity index (χ0v) is 11.1. The first kappa shape index (κ1) is 16.7. The molecule has 5 nitrogen and oxygen atoms in total. The summed E-state index contributed by atoms with van der Waals surface area (Å²) in [6, 6.07) is 0. The van der Waals surface area contributed by atoms with Crippen molar-refractivity contribution < 1.29 is 24.1 Å². The largest absolute Gasteiger partial charge is 0.499 e. The number of carboxylic acid groups (broad SMARTS) is 1. The number of carboxylic acids is 1. The van der Waals surface area contributed by atoms with E-state index < -0.39 is 5.97 Å². The van der Waals surface area contributed by atoms with Gasteiger partial charge >= 0.3 is 5.97 Å². The van der Waals surface area contributed by atoms with Gasteiger partial charge in [-0.05, 0) is 12.8 Å². The van der Waals surface area contributed by atoms with Crippen LogP contribution < -0.4 is 0 Å². The highest BCUT2D eigenvalue weighted by atomic mass is 16.5. The summed E-state index contributed by atoms with van der Waals surface area (Å²) in [5.41, 5.74) is 0.337. The smallest absolute Gasteiger partial charge is 0.330 e. The van der Waals surface area contributed by atoms with Crippen molar-refractivity contribution in [2.45, 2.75) is 13.8 Å². The van der Waals surface area contributed by atoms with Crippen molar-refractivity contribution in [1.29, 1.82) is 0 Å². The molecule has 0 aliphatic rings. The summed E-state index contributed by atoms with van der Waals surface area (Å²) in [5.74, 6) is -0.822. The van der Waals surface area contributed by atoms with Crippen molar-refractivity contribution in [3.63, 3.8) is 0 Å². The van der Waals surface area contributed by atoms with Crippen LogP contribution in [0, 0.1) is 5.92 Å². The summed E-state index contributed by atoms with van der Waals surface area (Å²) in [4.78, 5) is 10.6. The lowest BCUT2D eigenvalue weighted by molar-refractivity contribution is -0.132. The molecule has 104 valence electrons. The van der Waals surface area contributed by atoms with E-state index >= 15 is 0 Å². The van der Waals surface area contributed by atoms with Crippen molar-refractivity contribution in [3.8, 4) is 0 Å². The minimum atomic E-state index is -0.896. The highest BCUT2D eigenvalue weighted by molar-refractivity contribution is 5.85. The van der Waals surface area contributed by atoms with E-state index in [2.05, 4.69) is 6.58 Å². The third-order valence-corrected chi connectivity index (χ3v) is 2.09. The molecule has 0 fully saturated rings. The Kier molecular flexibility index (Phi) is 10.0. The number of hydrogen-bond acceptors (Lipinski definition) is 4. The Morgan fingerprint density at radius 3 is 2.50 bits per heavy atom. The molecule has 1 N–H and O–H groups in total. The van der Waals surface area contributed by atoms with E-state index in [1.54, 1.807) is 13.0 Å². The van der Waals surface area contributed by atoms with Crippen LogP contribution >= 0.6 is 0 Å². The number of ether oxygens (including phenoxy) is 3. The monoisotopic (exact) mass is 258 g/mol. The molecule has 0 aromatic carbocycles. The van der Waals surface area contributed by atoms with Crippen LogP contribution in [0.5, 0.6) is 0 Å². The fraction of sp³-hybridized carbons (Fsp3) is 0.615. The van der Waals surface area contributed by atoms with E-state index in [0.29, 0.717) is 38.6 Å². The maximum atomic E-state index is 10.6. The van der Waals surface area contributed by atoms with Gasteiger partial charge in [0.25, 0.3) is 0 Å². The molecule has 1 atom stereocenters. The quantitative estimate of drug-likeness (QED) is 0.348. The summed E-state index contributed by atoms with van der Waals surface area (Å²) in [7, 11) is 0. The van der Waals surface area contributed by atoms with Gasteiger partial charge in [-0.2, -0.15) is 0 Å². The van der Waals surface area contributed by atoms with Crippen molar-refractivity contribution in [2.24, 2.45) is 5.92 Å². The van der Waals surface area contributed by atoms with Crippen LogP contribution in [0.15, 0.2) is 24.5 Å². The molecule has 0 aliphatic carbocycles. The Hall–Kier alpha value is -1.33. The van der Waals surface area contributed by atoms with Crippen LogP contribution in [-0.2, 0) is 19.0 Å². The van der Waals surface area contributed by atoms with Crippen molar-refractivity contribution in [1.82, 2.24) is 0 Å². The zero-order chi connectivity index (χ0) is 13.8. The summed E-state index contributed by atoms with van der Waals surface area (Å²) >= 11 is 0. The summed E-state index contributed by atoms with van der Waals surface area (Å²) in [5, 5.41) is 8.70. The summed E-state index contributed by atoms with van der Waals surface area (Å²) in [6.07, 6.45) is 3.06. The molecule has 18 heavy (non-hydrogen) atoms. The lowest BCUT2D eigenvalue weighted by atomic mass is 10.1. The molecule has 0 aromatic rings. The maximum Gasteiger partial charge on any atom is 0.330 e. The van der Waals surface area contributed by atoms with Crippen molar-refractivity contribution in [2.75, 3.05) is 33.0 Å². The molecule has 0 rings (SSSR count). The molecular formula is C13H22O5. The maximum absolute atomic E-state index is 10.6. The van der Waals surface area contributed by atoms with E-state index in [9.17, 15) is 4.79 Å². The highest BCUT2D eigenvalue weighted by Crippen LogP contribution is 2.03. The number of rotatable bonds is 11. The predicted molar refractivity (Wildman–Crippen MR) is 68.3 cm³/mol. The van der Waals surface area contributed by atoms with Crippen LogP contribution in [0.2, 0.25) is 0 Å². The van der Waals surface area contributed by atoms with Crippen molar-refractivity contribution in [3.05, 3.63) is 24.5 Å². The fourth-order valence-electron chi connectivity index (χ4n) is 1.23. The van der Waals surface area contributed by atoms with Crippen molar-refractivity contribution >= 4 is 5.97 Å². The van der Waals surface area contributed by atoms with E-state index in [-0.39, 0.29) is 5.92 Å². The van der Waals surface area contributed by atoms with Gasteiger partial charge in [-0.1, -0.05) is 19.6 Å². The average molecular weight is 258 g/mol. The van der Waals surface area contributed by atoms with E-state index in [4.69, 9.17) is 19.3 Å². The molecule has 1 unspecified atom stereocenters. The molecule has 0 saturated carbocycles. The first-order valence-electron chi connectivity index (χ1n) is 5.87. The molecule has 0 amide bonds. The first-order chi connectivity index (χ1) is 8.57. The second kappa shape index (κ2) is 10.8. The van der Waals surface area contributed by atoms with Crippen LogP contribution in [0.4, 0.5) is 0 Å². The van der Waals surface area contributed by atoms with Crippen LogP contribution in [0.1, 0.15) is 13.8 Å². The van der Waals surface area contributed by atoms with Gasteiger partial charge in [0.1, 0.15) is 6.61 Å². The number of aliphatic carboxylic acids is 1. The van der Waals surface area contributed by atoms with Gasteiger partial charge in [0.2, 0.25) is 0 Å². The Labute approximate surface area is 108 Å². The molecule has 0 radical (unpaired) electrons. The zero-order valence-electron chi connectivity index (χ0n) is 11.1. The Balaban J connectivity index is 3.46. The summed E-state index contributed by atoms with van der Waals surface area (Å²) in [6.45, 7) is 9.34. The van der Waals surface area contributed by atoms with Gasteiger partial charge in [0.15, 0.2) is 0 Å². The molecule has 0 saturated heterocycles. The van der Waals surface area contributed by atoms with Crippen LogP contribution in [0.25, 0.3) is 0 Å². The normalized spacial score (nSPS) is 13.1. The predicted octanol–water partition coefficient (Wildman–Crippen LogP) is 1.85. The Morgan fingerprint density at radius 1 is 1.28 bits per heavy atom. The SMILES string of the molecule is C=COCCOCCOCC(C)C=C(C)C(=O)O. The number of hydrogen-bond donors (Lipinski definition) is 1. The van der Waals surface area contributed by atoms with E-state index in [1.807, 2.05) is 6.92 Å². The molecule has 0 bridgehead atoms. The molecule has 0 heterocycles. The lowest BCUT2D eigenvalue weighted by Gasteiger charge is -2.09. The topological polar surface area (TPSA) is 65.0 Å². The Bertz CT molecular complexity index is 273. The van der Waals surface area contributed by atoms with Gasteiger partial charge in [0, 0.05) is 5.57 Å². The van der Waals surface area contributed by atoms with E-state index in [0.717, 1.165) is 0 Å². The molecule has 0 spiro atoms. The fourth-order valence-corrected chi connectivity index (χ4v) is 1.23. The Morgan fingerprint density at radius 2 is 1.89 bits per heavy atom. The summed E-state index contributed by atoms with van der Waals surface area (Å²) < 4.78 is 15.5. The first-order valence-corrected chi connectivity index (χ1v) is 5.87. The average Bonchev–Trinajstić information content (AvgIpc) is 2.32. The third kappa shape index (κ3) is 9.86. The van der Waals surface area contributed by atoms with E-state index in [1.165, 1.54) is 6.26 Å².